The van der Waals surface area contributed by atoms with E-state index in [0.29, 0.717) is 0 Å². The molecule has 1 aromatic rings. The second-order valence-electron chi connectivity index (χ2n) is 2.05. The van der Waals surface area contributed by atoms with Gasteiger partial charge in [-0.1, -0.05) is 6.07 Å². The molecule has 0 heterocycles. The first kappa shape index (κ1) is 12.5. The average Bonchev–Trinajstić information content (AvgIpc) is 2.05. The minimum atomic E-state index is -0.802. The van der Waals surface area contributed by atoms with E-state index in [0.717, 1.165) is 12.1 Å². The van der Waals surface area contributed by atoms with Crippen molar-refractivity contribution in [3.8, 4) is 11.8 Å². The molecule has 0 aliphatic carbocycles. The number of nitro groups is 1. The molecule has 13 heavy (non-hydrogen) atoms. The van der Waals surface area contributed by atoms with E-state index in [1.807, 2.05) is 0 Å². The van der Waals surface area contributed by atoms with Crippen molar-refractivity contribution >= 4 is 5.69 Å². The standard InChI is InChI=1S/C7H4N2O3.K/c8-4-5-1-2-7(10)6(3-5)9(11)12;/h1-3,10H;/q;+1/p-1. The summed E-state index contributed by atoms with van der Waals surface area (Å²) in [7, 11) is 0. The summed E-state index contributed by atoms with van der Waals surface area (Å²) in [5.41, 5.74) is -0.449. The maximum Gasteiger partial charge on any atom is 1.00 e. The van der Waals surface area contributed by atoms with Crippen LogP contribution in [-0.4, -0.2) is 4.92 Å². The molecule has 0 fully saturated rings. The molecule has 0 N–H and O–H groups in total. The molecule has 0 unspecified atom stereocenters. The summed E-state index contributed by atoms with van der Waals surface area (Å²) in [6.07, 6.45) is 0. The monoisotopic (exact) mass is 202 g/mol. The zero-order valence-corrected chi connectivity index (χ0v) is 9.97. The molecule has 0 radical (unpaired) electrons. The number of hydrogen-bond acceptors (Lipinski definition) is 4. The van der Waals surface area contributed by atoms with Crippen LogP contribution in [0.5, 0.6) is 5.75 Å². The summed E-state index contributed by atoms with van der Waals surface area (Å²) in [5.74, 6) is -0.681. The average molecular weight is 202 g/mol. The van der Waals surface area contributed by atoms with E-state index in [1.54, 1.807) is 6.07 Å². The Morgan fingerprint density at radius 2 is 2.08 bits per heavy atom. The molecule has 0 bridgehead atoms. The van der Waals surface area contributed by atoms with E-state index in [-0.39, 0.29) is 56.9 Å². The maximum absolute atomic E-state index is 10.8. The molecule has 0 saturated heterocycles. The van der Waals surface area contributed by atoms with Crippen LogP contribution in [0.1, 0.15) is 5.56 Å². The Labute approximate surface area is 117 Å². The molecular weight excluding hydrogens is 199 g/mol. The maximum atomic E-state index is 10.8. The third-order valence-corrected chi connectivity index (χ3v) is 1.28. The summed E-state index contributed by atoms with van der Waals surface area (Å²) < 4.78 is 0. The van der Waals surface area contributed by atoms with Crippen LogP contribution in [0.15, 0.2) is 18.2 Å². The predicted molar refractivity (Wildman–Crippen MR) is 37.3 cm³/mol. The molecule has 6 heteroatoms. The van der Waals surface area contributed by atoms with Gasteiger partial charge in [0.25, 0.3) is 5.69 Å². The van der Waals surface area contributed by atoms with E-state index >= 15 is 0 Å². The molecule has 0 atom stereocenters. The Balaban J connectivity index is 0.00000144. The number of nitro benzene ring substituents is 1. The Morgan fingerprint density at radius 1 is 1.46 bits per heavy atom. The fraction of sp³-hybridized carbons (Fsp3) is 0. The summed E-state index contributed by atoms with van der Waals surface area (Å²) in [4.78, 5) is 9.38. The van der Waals surface area contributed by atoms with E-state index in [2.05, 4.69) is 0 Å². The summed E-state index contributed by atoms with van der Waals surface area (Å²) in [5, 5.41) is 29.3. The van der Waals surface area contributed by atoms with Crippen molar-refractivity contribution in [1.82, 2.24) is 0 Å². The van der Waals surface area contributed by atoms with Gasteiger partial charge in [0.15, 0.2) is 0 Å². The number of rotatable bonds is 1. The first-order valence-corrected chi connectivity index (χ1v) is 3.00. The van der Waals surface area contributed by atoms with Crippen LogP contribution in [-0.2, 0) is 0 Å². The molecule has 0 aliphatic heterocycles. The second kappa shape index (κ2) is 5.31. The van der Waals surface area contributed by atoms with E-state index < -0.39 is 16.4 Å². The zero-order chi connectivity index (χ0) is 9.14. The van der Waals surface area contributed by atoms with Gasteiger partial charge in [-0.2, -0.15) is 5.26 Å². The topological polar surface area (TPSA) is 90.0 Å². The molecule has 0 spiro atoms. The Kier molecular flexibility index (Phi) is 5.13. The quantitative estimate of drug-likeness (QED) is 0.287. The van der Waals surface area contributed by atoms with E-state index in [4.69, 9.17) is 5.26 Å². The molecule has 1 aromatic carbocycles. The predicted octanol–water partition coefficient (Wildman–Crippen LogP) is -2.46. The van der Waals surface area contributed by atoms with Crippen molar-refractivity contribution in [3.63, 3.8) is 0 Å². The first-order valence-electron chi connectivity index (χ1n) is 3.00. The molecular formula is C7H3KN2O3. The van der Waals surface area contributed by atoms with Crippen LogP contribution in [0.25, 0.3) is 0 Å². The van der Waals surface area contributed by atoms with Gasteiger partial charge in [-0.25, -0.2) is 0 Å². The van der Waals surface area contributed by atoms with Crippen LogP contribution in [0.3, 0.4) is 0 Å². The first-order chi connectivity index (χ1) is 5.65. The largest absolute Gasteiger partial charge is 1.00 e. The van der Waals surface area contributed by atoms with Crippen molar-refractivity contribution in [3.05, 3.63) is 33.9 Å². The van der Waals surface area contributed by atoms with Crippen LogP contribution in [0.4, 0.5) is 5.69 Å². The zero-order valence-electron chi connectivity index (χ0n) is 6.85. The minimum Gasteiger partial charge on any atom is -0.868 e. The Bertz CT molecular complexity index is 372. The number of nitrogens with zero attached hydrogens (tertiary/aromatic N) is 2. The molecule has 5 nitrogen and oxygen atoms in total. The van der Waals surface area contributed by atoms with Crippen LogP contribution in [0.2, 0.25) is 0 Å². The normalized spacial score (nSPS) is 8.23. The van der Waals surface area contributed by atoms with Crippen molar-refractivity contribution in [2.24, 2.45) is 0 Å². The van der Waals surface area contributed by atoms with E-state index in [1.165, 1.54) is 6.07 Å². The third-order valence-electron chi connectivity index (χ3n) is 1.28. The molecule has 0 aliphatic rings. The summed E-state index contributed by atoms with van der Waals surface area (Å²) in [6, 6.07) is 4.92. The van der Waals surface area contributed by atoms with Crippen molar-refractivity contribution in [1.29, 1.82) is 5.26 Å². The molecule has 0 aromatic heterocycles. The molecule has 0 saturated carbocycles. The van der Waals surface area contributed by atoms with Gasteiger partial charge < -0.3 is 5.11 Å². The second-order valence-corrected chi connectivity index (χ2v) is 2.05. The van der Waals surface area contributed by atoms with E-state index in [9.17, 15) is 15.2 Å². The number of hydrogen-bond donors (Lipinski definition) is 0. The van der Waals surface area contributed by atoms with Gasteiger partial charge in [0, 0.05) is 6.07 Å². The van der Waals surface area contributed by atoms with Gasteiger partial charge in [0.2, 0.25) is 0 Å². The molecule has 60 valence electrons. The number of benzene rings is 1. The van der Waals surface area contributed by atoms with Gasteiger partial charge in [0.05, 0.1) is 16.6 Å². The van der Waals surface area contributed by atoms with Crippen molar-refractivity contribution < 1.29 is 61.4 Å². The third kappa shape index (κ3) is 3.06. The fourth-order valence-corrected chi connectivity index (χ4v) is 0.730. The Hall–Kier alpha value is -0.454. The van der Waals surface area contributed by atoms with Gasteiger partial charge in [0.1, 0.15) is 0 Å². The Morgan fingerprint density at radius 3 is 2.54 bits per heavy atom. The number of nitriles is 1. The van der Waals surface area contributed by atoms with Crippen LogP contribution >= 0.6 is 0 Å². The molecule has 0 amide bonds. The van der Waals surface area contributed by atoms with Gasteiger partial charge in [-0.05, 0) is 11.8 Å². The van der Waals surface area contributed by atoms with Gasteiger partial charge >= 0.3 is 51.4 Å². The fourth-order valence-electron chi connectivity index (χ4n) is 0.730. The van der Waals surface area contributed by atoms with Crippen LogP contribution < -0.4 is 56.5 Å². The summed E-state index contributed by atoms with van der Waals surface area (Å²) >= 11 is 0. The summed E-state index contributed by atoms with van der Waals surface area (Å²) in [6.45, 7) is 0. The smallest absolute Gasteiger partial charge is 0.868 e. The van der Waals surface area contributed by atoms with Crippen LogP contribution in [0, 0.1) is 21.4 Å². The van der Waals surface area contributed by atoms with Crippen molar-refractivity contribution in [2.45, 2.75) is 0 Å². The molecule has 1 rings (SSSR count). The SMILES string of the molecule is N#Cc1ccc([O-])c([N+](=O)[O-])c1.[K+]. The van der Waals surface area contributed by atoms with Gasteiger partial charge in [-0.15, -0.1) is 0 Å². The van der Waals surface area contributed by atoms with Gasteiger partial charge in [-0.3, -0.25) is 10.1 Å². The minimum absolute atomic E-state index is 0. The van der Waals surface area contributed by atoms with Crippen molar-refractivity contribution in [2.75, 3.05) is 0 Å².